The fourth-order valence-electron chi connectivity index (χ4n) is 3.14. The van der Waals surface area contributed by atoms with Crippen molar-refractivity contribution in [2.45, 2.75) is 19.8 Å². The van der Waals surface area contributed by atoms with Crippen LogP contribution in [-0.2, 0) is 4.79 Å². The van der Waals surface area contributed by atoms with Crippen LogP contribution >= 0.6 is 15.9 Å². The van der Waals surface area contributed by atoms with Crippen LogP contribution < -0.4 is 4.90 Å². The largest absolute Gasteiger partial charge is 0.478 e. The van der Waals surface area contributed by atoms with Crippen molar-refractivity contribution in [1.82, 2.24) is 4.98 Å². The zero-order valence-electron chi connectivity index (χ0n) is 13.4. The van der Waals surface area contributed by atoms with Crippen LogP contribution in [0.25, 0.3) is 0 Å². The molecule has 5 heteroatoms. The first-order valence-electron chi connectivity index (χ1n) is 7.57. The van der Waals surface area contributed by atoms with Gasteiger partial charge in [0.15, 0.2) is 0 Å². The summed E-state index contributed by atoms with van der Waals surface area (Å²) in [5.74, 6) is -1.19. The van der Waals surface area contributed by atoms with Gasteiger partial charge in [0.05, 0.1) is 17.5 Å². The molecule has 1 N–H and O–H groups in total. The van der Waals surface area contributed by atoms with E-state index in [-0.39, 0.29) is 5.92 Å². The molecule has 0 aliphatic carbocycles. The number of carboxylic acid groups (broad SMARTS) is 1. The van der Waals surface area contributed by atoms with E-state index in [1.54, 1.807) is 12.4 Å². The number of benzene rings is 1. The predicted molar refractivity (Wildman–Crippen MR) is 97.7 cm³/mol. The van der Waals surface area contributed by atoms with Crippen LogP contribution in [0.3, 0.4) is 0 Å². The molecule has 0 saturated heterocycles. The lowest BCUT2D eigenvalue weighted by Crippen LogP contribution is -2.29. The first-order valence-corrected chi connectivity index (χ1v) is 8.36. The third-order valence-corrected chi connectivity index (χ3v) is 4.63. The second-order valence-electron chi connectivity index (χ2n) is 5.69. The third kappa shape index (κ3) is 2.99. The molecular weight excluding hydrogens is 368 g/mol. The van der Waals surface area contributed by atoms with Gasteiger partial charge >= 0.3 is 5.97 Å². The number of hydrogen-bond acceptors (Lipinski definition) is 3. The SMILES string of the molecule is CC1=CC(c2cccc(Br)c2)C(C(=O)O)=C(C)N1c1cccnc1. The van der Waals surface area contributed by atoms with Crippen molar-refractivity contribution in [2.24, 2.45) is 0 Å². The molecule has 0 saturated carbocycles. The Morgan fingerprint density at radius 3 is 2.67 bits per heavy atom. The number of anilines is 1. The summed E-state index contributed by atoms with van der Waals surface area (Å²) in [7, 11) is 0. The molecule has 2 heterocycles. The maximum Gasteiger partial charge on any atom is 0.334 e. The van der Waals surface area contributed by atoms with Crippen molar-refractivity contribution >= 4 is 27.6 Å². The normalized spacial score (nSPS) is 17.7. The highest BCUT2D eigenvalue weighted by Gasteiger charge is 2.31. The molecule has 1 aliphatic rings. The summed E-state index contributed by atoms with van der Waals surface area (Å²) in [6.07, 6.45) is 5.43. The Balaban J connectivity index is 2.14. The summed E-state index contributed by atoms with van der Waals surface area (Å²) in [6.45, 7) is 3.83. The van der Waals surface area contributed by atoms with Crippen molar-refractivity contribution < 1.29 is 9.90 Å². The van der Waals surface area contributed by atoms with Gasteiger partial charge in [-0.3, -0.25) is 4.98 Å². The Bertz CT molecular complexity index is 843. The lowest BCUT2D eigenvalue weighted by Gasteiger charge is -2.34. The summed E-state index contributed by atoms with van der Waals surface area (Å²) in [5.41, 5.74) is 3.88. The average Bonchev–Trinajstić information content (AvgIpc) is 2.55. The molecule has 1 aromatic heterocycles. The molecule has 0 amide bonds. The molecule has 2 aromatic rings. The van der Waals surface area contributed by atoms with E-state index in [1.165, 1.54) is 0 Å². The zero-order chi connectivity index (χ0) is 17.3. The summed E-state index contributed by atoms with van der Waals surface area (Å²) >= 11 is 3.46. The van der Waals surface area contributed by atoms with Crippen molar-refractivity contribution in [3.8, 4) is 0 Å². The maximum atomic E-state index is 12.0. The van der Waals surface area contributed by atoms with Crippen LogP contribution in [0, 0.1) is 0 Å². The Hall–Kier alpha value is -2.40. The molecule has 122 valence electrons. The second kappa shape index (κ2) is 6.61. The highest BCUT2D eigenvalue weighted by molar-refractivity contribution is 9.10. The first kappa shape index (κ1) is 16.5. The van der Waals surface area contributed by atoms with E-state index in [0.29, 0.717) is 11.3 Å². The minimum absolute atomic E-state index is 0.284. The maximum absolute atomic E-state index is 12.0. The summed E-state index contributed by atoms with van der Waals surface area (Å²) < 4.78 is 0.933. The first-order chi connectivity index (χ1) is 11.5. The second-order valence-corrected chi connectivity index (χ2v) is 6.61. The Kier molecular flexibility index (Phi) is 4.53. The number of halogens is 1. The molecule has 0 bridgehead atoms. The molecule has 1 unspecified atom stereocenters. The van der Waals surface area contributed by atoms with E-state index in [4.69, 9.17) is 0 Å². The number of aromatic nitrogens is 1. The smallest absolute Gasteiger partial charge is 0.334 e. The van der Waals surface area contributed by atoms with Crippen LogP contribution in [0.4, 0.5) is 5.69 Å². The van der Waals surface area contributed by atoms with Gasteiger partial charge in [-0.15, -0.1) is 0 Å². The van der Waals surface area contributed by atoms with E-state index in [1.807, 2.05) is 61.2 Å². The number of carboxylic acids is 1. The lowest BCUT2D eigenvalue weighted by molar-refractivity contribution is -0.132. The molecule has 24 heavy (non-hydrogen) atoms. The van der Waals surface area contributed by atoms with Gasteiger partial charge in [-0.2, -0.15) is 0 Å². The molecule has 0 fully saturated rings. The Morgan fingerprint density at radius 2 is 2.04 bits per heavy atom. The van der Waals surface area contributed by atoms with Crippen LogP contribution in [0.5, 0.6) is 0 Å². The van der Waals surface area contributed by atoms with Crippen molar-refractivity contribution in [3.63, 3.8) is 0 Å². The molecule has 1 aromatic carbocycles. The lowest BCUT2D eigenvalue weighted by atomic mass is 9.86. The number of aliphatic carboxylic acids is 1. The van der Waals surface area contributed by atoms with E-state index in [9.17, 15) is 9.90 Å². The molecule has 3 rings (SSSR count). The van der Waals surface area contributed by atoms with Crippen LogP contribution in [0.1, 0.15) is 25.3 Å². The summed E-state index contributed by atoms with van der Waals surface area (Å²) in [4.78, 5) is 18.1. The monoisotopic (exact) mass is 384 g/mol. The highest BCUT2D eigenvalue weighted by Crippen LogP contribution is 2.39. The fourth-order valence-corrected chi connectivity index (χ4v) is 3.56. The highest BCUT2D eigenvalue weighted by atomic mass is 79.9. The minimum Gasteiger partial charge on any atom is -0.478 e. The zero-order valence-corrected chi connectivity index (χ0v) is 15.0. The molecule has 0 spiro atoms. The van der Waals surface area contributed by atoms with E-state index in [2.05, 4.69) is 20.9 Å². The molecule has 1 atom stereocenters. The third-order valence-electron chi connectivity index (χ3n) is 4.14. The van der Waals surface area contributed by atoms with E-state index < -0.39 is 5.97 Å². The van der Waals surface area contributed by atoms with Crippen LogP contribution in [-0.4, -0.2) is 16.1 Å². The average molecular weight is 385 g/mol. The van der Waals surface area contributed by atoms with E-state index >= 15 is 0 Å². The van der Waals surface area contributed by atoms with Crippen LogP contribution in [0.2, 0.25) is 0 Å². The van der Waals surface area contributed by atoms with E-state index in [0.717, 1.165) is 21.4 Å². The van der Waals surface area contributed by atoms with Gasteiger partial charge in [0.25, 0.3) is 0 Å². The van der Waals surface area contributed by atoms with Gasteiger partial charge in [0.2, 0.25) is 0 Å². The van der Waals surface area contributed by atoms with Gasteiger partial charge in [-0.05, 0) is 43.7 Å². The summed E-state index contributed by atoms with van der Waals surface area (Å²) in [5, 5.41) is 9.82. The Labute approximate surface area is 149 Å². The number of rotatable bonds is 3. The number of nitrogens with zero attached hydrogens (tertiary/aromatic N) is 2. The minimum atomic E-state index is -0.907. The van der Waals surface area contributed by atoms with Gasteiger partial charge in [0.1, 0.15) is 0 Å². The molecule has 4 nitrogen and oxygen atoms in total. The molecule has 1 aliphatic heterocycles. The quantitative estimate of drug-likeness (QED) is 0.832. The Morgan fingerprint density at radius 1 is 1.25 bits per heavy atom. The number of hydrogen-bond donors (Lipinski definition) is 1. The molecular formula is C19H17BrN2O2. The van der Waals surface area contributed by atoms with Gasteiger partial charge < -0.3 is 10.0 Å². The van der Waals surface area contributed by atoms with Crippen molar-refractivity contribution in [1.29, 1.82) is 0 Å². The number of allylic oxidation sites excluding steroid dienone is 3. The van der Waals surface area contributed by atoms with Gasteiger partial charge in [-0.25, -0.2) is 4.79 Å². The van der Waals surface area contributed by atoms with Gasteiger partial charge in [0, 0.05) is 28.0 Å². The predicted octanol–water partition coefficient (Wildman–Crippen LogP) is 4.71. The number of carbonyl (C=O) groups is 1. The summed E-state index contributed by atoms with van der Waals surface area (Å²) in [6, 6.07) is 11.5. The standard InChI is InChI=1S/C19H17BrN2O2/c1-12-9-17(14-5-3-6-15(20)10-14)18(19(23)24)13(2)22(12)16-7-4-8-21-11-16/h3-11,17H,1-2H3,(H,23,24). The van der Waals surface area contributed by atoms with Crippen molar-refractivity contribution in [3.05, 3.63) is 81.9 Å². The number of pyridine rings is 1. The topological polar surface area (TPSA) is 53.4 Å². The van der Waals surface area contributed by atoms with Crippen molar-refractivity contribution in [2.75, 3.05) is 4.90 Å². The fraction of sp³-hybridized carbons (Fsp3) is 0.158. The molecule has 0 radical (unpaired) electrons. The van der Waals surface area contributed by atoms with Gasteiger partial charge in [-0.1, -0.05) is 34.1 Å². The van der Waals surface area contributed by atoms with Crippen LogP contribution in [0.15, 0.2) is 76.3 Å².